The highest BCUT2D eigenvalue weighted by molar-refractivity contribution is 7.82. The van der Waals surface area contributed by atoms with Crippen molar-refractivity contribution in [1.29, 1.82) is 0 Å². The molecule has 0 saturated carbocycles. The van der Waals surface area contributed by atoms with Gasteiger partial charge in [0.15, 0.2) is 0 Å². The lowest BCUT2D eigenvalue weighted by molar-refractivity contribution is 0.0778. The molecule has 0 heterocycles. The van der Waals surface area contributed by atoms with Gasteiger partial charge in [0.2, 0.25) is 0 Å². The van der Waals surface area contributed by atoms with Crippen molar-refractivity contribution in [3.05, 3.63) is 29.3 Å². The van der Waals surface area contributed by atoms with Crippen LogP contribution in [0.4, 0.5) is 0 Å². The number of aliphatic hydroxyl groups is 1. The van der Waals surface area contributed by atoms with Crippen LogP contribution in [-0.4, -0.2) is 9.32 Å². The summed E-state index contributed by atoms with van der Waals surface area (Å²) in [5.74, 6) is 0. The third-order valence-electron chi connectivity index (χ3n) is 2.09. The quantitative estimate of drug-likeness (QED) is 0.775. The van der Waals surface area contributed by atoms with Gasteiger partial charge in [0.1, 0.15) is 11.0 Å². The van der Waals surface area contributed by atoms with Crippen LogP contribution < -0.4 is 5.14 Å². The van der Waals surface area contributed by atoms with Gasteiger partial charge in [0.05, 0.1) is 10.5 Å². The standard InChI is InChI=1S/C10H15NO2S/c1-7-6-8(14(11)13)4-5-9(7)10(2,3)12/h4-6,12H,11H2,1-3H3. The Labute approximate surface area is 86.5 Å². The van der Waals surface area contributed by atoms with E-state index in [0.29, 0.717) is 4.90 Å². The Kier molecular flexibility index (Phi) is 3.09. The van der Waals surface area contributed by atoms with E-state index in [1.54, 1.807) is 32.0 Å². The lowest BCUT2D eigenvalue weighted by atomic mass is 9.94. The van der Waals surface area contributed by atoms with Crippen molar-refractivity contribution in [2.24, 2.45) is 5.14 Å². The average Bonchev–Trinajstić information content (AvgIpc) is 2.01. The van der Waals surface area contributed by atoms with Crippen molar-refractivity contribution >= 4 is 11.0 Å². The largest absolute Gasteiger partial charge is 0.386 e. The molecule has 0 saturated heterocycles. The molecule has 0 amide bonds. The van der Waals surface area contributed by atoms with E-state index in [2.05, 4.69) is 0 Å². The van der Waals surface area contributed by atoms with Gasteiger partial charge in [0, 0.05) is 0 Å². The third-order valence-corrected chi connectivity index (χ3v) is 2.81. The van der Waals surface area contributed by atoms with E-state index in [0.717, 1.165) is 11.1 Å². The molecule has 1 atom stereocenters. The second kappa shape index (κ2) is 3.81. The molecule has 1 aromatic carbocycles. The second-order valence-electron chi connectivity index (χ2n) is 3.83. The van der Waals surface area contributed by atoms with Crippen molar-refractivity contribution in [3.8, 4) is 0 Å². The van der Waals surface area contributed by atoms with E-state index in [9.17, 15) is 9.32 Å². The second-order valence-corrected chi connectivity index (χ2v) is 4.90. The fourth-order valence-corrected chi connectivity index (χ4v) is 1.94. The summed E-state index contributed by atoms with van der Waals surface area (Å²) in [7, 11) is -1.46. The molecule has 0 aliphatic heterocycles. The molecule has 0 aromatic heterocycles. The van der Waals surface area contributed by atoms with Crippen LogP contribution in [0.2, 0.25) is 0 Å². The monoisotopic (exact) mass is 213 g/mol. The van der Waals surface area contributed by atoms with Crippen molar-refractivity contribution in [2.75, 3.05) is 0 Å². The Bertz CT molecular complexity index is 369. The first-order valence-electron chi connectivity index (χ1n) is 4.32. The first-order valence-corrected chi connectivity index (χ1v) is 5.53. The summed E-state index contributed by atoms with van der Waals surface area (Å²) in [5, 5.41) is 15.0. The van der Waals surface area contributed by atoms with Crippen LogP contribution in [0.15, 0.2) is 23.1 Å². The molecule has 1 aromatic rings. The minimum Gasteiger partial charge on any atom is -0.386 e. The first kappa shape index (κ1) is 11.4. The van der Waals surface area contributed by atoms with Crippen LogP contribution in [0.25, 0.3) is 0 Å². The Morgan fingerprint density at radius 3 is 2.36 bits per heavy atom. The zero-order valence-corrected chi connectivity index (χ0v) is 9.39. The predicted octanol–water partition coefficient (Wildman–Crippen LogP) is 1.20. The maximum atomic E-state index is 11.0. The summed E-state index contributed by atoms with van der Waals surface area (Å²) in [5.41, 5.74) is 0.846. The third kappa shape index (κ3) is 2.41. The number of hydrogen-bond acceptors (Lipinski definition) is 2. The molecule has 3 nitrogen and oxygen atoms in total. The molecule has 0 aliphatic rings. The molecule has 0 radical (unpaired) electrons. The van der Waals surface area contributed by atoms with Crippen LogP contribution in [-0.2, 0) is 16.6 Å². The topological polar surface area (TPSA) is 63.3 Å². The zero-order chi connectivity index (χ0) is 10.9. The Morgan fingerprint density at radius 2 is 2.00 bits per heavy atom. The van der Waals surface area contributed by atoms with Gasteiger partial charge < -0.3 is 5.11 Å². The van der Waals surface area contributed by atoms with E-state index in [1.807, 2.05) is 6.92 Å². The van der Waals surface area contributed by atoms with Crippen LogP contribution in [0, 0.1) is 6.92 Å². The molecule has 0 bridgehead atoms. The van der Waals surface area contributed by atoms with Crippen LogP contribution in [0.3, 0.4) is 0 Å². The van der Waals surface area contributed by atoms with E-state index >= 15 is 0 Å². The smallest absolute Gasteiger partial charge is 0.122 e. The molecule has 78 valence electrons. The highest BCUT2D eigenvalue weighted by Crippen LogP contribution is 2.24. The summed E-state index contributed by atoms with van der Waals surface area (Å²) in [6.45, 7) is 5.30. The predicted molar refractivity (Wildman–Crippen MR) is 57.0 cm³/mol. The SMILES string of the molecule is Cc1cc(S(N)=O)ccc1C(C)(C)O. The van der Waals surface area contributed by atoms with Crippen LogP contribution in [0.1, 0.15) is 25.0 Å². The molecule has 1 unspecified atom stereocenters. The Morgan fingerprint density at radius 1 is 1.43 bits per heavy atom. The zero-order valence-electron chi connectivity index (χ0n) is 8.57. The molecular weight excluding hydrogens is 198 g/mol. The van der Waals surface area contributed by atoms with E-state index in [1.165, 1.54) is 0 Å². The van der Waals surface area contributed by atoms with Crippen molar-refractivity contribution in [3.63, 3.8) is 0 Å². The van der Waals surface area contributed by atoms with E-state index < -0.39 is 16.6 Å². The van der Waals surface area contributed by atoms with Crippen LogP contribution >= 0.6 is 0 Å². The maximum absolute atomic E-state index is 11.0. The molecule has 1 rings (SSSR count). The van der Waals surface area contributed by atoms with Gasteiger partial charge in [0.25, 0.3) is 0 Å². The van der Waals surface area contributed by atoms with Gasteiger partial charge in [-0.15, -0.1) is 0 Å². The fourth-order valence-electron chi connectivity index (χ4n) is 1.45. The number of aryl methyl sites for hydroxylation is 1. The number of hydrogen-bond donors (Lipinski definition) is 2. The van der Waals surface area contributed by atoms with Crippen molar-refractivity contribution in [2.45, 2.75) is 31.3 Å². The fraction of sp³-hybridized carbons (Fsp3) is 0.400. The highest BCUT2D eigenvalue weighted by Gasteiger charge is 2.18. The molecule has 14 heavy (non-hydrogen) atoms. The van der Waals surface area contributed by atoms with Crippen LogP contribution in [0.5, 0.6) is 0 Å². The van der Waals surface area contributed by atoms with Gasteiger partial charge in [-0.1, -0.05) is 6.07 Å². The minimum absolute atomic E-state index is 0.579. The minimum atomic E-state index is -1.46. The highest BCUT2D eigenvalue weighted by atomic mass is 32.2. The van der Waals surface area contributed by atoms with Gasteiger partial charge in [-0.25, -0.2) is 9.35 Å². The summed E-state index contributed by atoms with van der Waals surface area (Å²) in [4.78, 5) is 0.579. The molecule has 0 aliphatic carbocycles. The molecule has 3 N–H and O–H groups in total. The number of rotatable bonds is 2. The van der Waals surface area contributed by atoms with Crippen molar-refractivity contribution in [1.82, 2.24) is 0 Å². The Hall–Kier alpha value is -0.710. The first-order chi connectivity index (χ1) is 6.32. The van der Waals surface area contributed by atoms with E-state index in [-0.39, 0.29) is 0 Å². The average molecular weight is 213 g/mol. The van der Waals surface area contributed by atoms with Gasteiger partial charge in [-0.05, 0) is 44.0 Å². The number of benzene rings is 1. The lowest BCUT2D eigenvalue weighted by Crippen LogP contribution is -2.17. The summed E-state index contributed by atoms with van der Waals surface area (Å²) in [6, 6.07) is 5.18. The molecule has 0 fully saturated rings. The summed E-state index contributed by atoms with van der Waals surface area (Å²) >= 11 is 0. The van der Waals surface area contributed by atoms with Crippen molar-refractivity contribution < 1.29 is 9.32 Å². The van der Waals surface area contributed by atoms with E-state index in [4.69, 9.17) is 5.14 Å². The van der Waals surface area contributed by atoms with Gasteiger partial charge >= 0.3 is 0 Å². The number of nitrogens with two attached hydrogens (primary N) is 1. The molecule has 0 spiro atoms. The normalized spacial score (nSPS) is 14.1. The summed E-state index contributed by atoms with van der Waals surface area (Å²) in [6.07, 6.45) is 0. The molecule has 4 heteroatoms. The Balaban J connectivity index is 3.21. The lowest BCUT2D eigenvalue weighted by Gasteiger charge is -2.20. The van der Waals surface area contributed by atoms with Gasteiger partial charge in [-0.3, -0.25) is 0 Å². The maximum Gasteiger partial charge on any atom is 0.122 e. The molecular formula is C10H15NO2S. The van der Waals surface area contributed by atoms with Gasteiger partial charge in [-0.2, -0.15) is 0 Å². The summed E-state index contributed by atoms with van der Waals surface area (Å²) < 4.78 is 11.0.